The first kappa shape index (κ1) is 17.6. The summed E-state index contributed by atoms with van der Waals surface area (Å²) < 4.78 is 0. The number of aromatic nitrogens is 2. The lowest BCUT2D eigenvalue weighted by Gasteiger charge is -2.36. The molecule has 0 aromatic carbocycles. The zero-order chi connectivity index (χ0) is 17.9. The summed E-state index contributed by atoms with van der Waals surface area (Å²) in [7, 11) is 0. The van der Waals surface area contributed by atoms with Gasteiger partial charge in [-0.3, -0.25) is 14.7 Å². The Bertz CT molecular complexity index is 644. The van der Waals surface area contributed by atoms with Crippen LogP contribution < -0.4 is 5.32 Å². The highest BCUT2D eigenvalue weighted by atomic mass is 16.2. The Morgan fingerprint density at radius 2 is 1.69 bits per heavy atom. The van der Waals surface area contributed by atoms with E-state index in [1.807, 2.05) is 11.0 Å². The maximum Gasteiger partial charge on any atom is 0.271 e. The molecule has 0 unspecified atom stereocenters. The standard InChI is InChI=1S/C20H30N4O2/c25-19(21-15-9-3-4-10-15)17-13-16(22-23-17)18-11-5-6-12-24(18)20(26)14-7-1-2-8-14/h13-15,18H,1-12H2,(H,21,25)(H,22,23)/t18-/m1/s1. The van der Waals surface area contributed by atoms with Crippen LogP contribution >= 0.6 is 0 Å². The van der Waals surface area contributed by atoms with Crippen LogP contribution in [0.2, 0.25) is 0 Å². The van der Waals surface area contributed by atoms with E-state index in [1.165, 1.54) is 25.7 Å². The predicted octanol–water partition coefficient (Wildman–Crippen LogP) is 3.33. The van der Waals surface area contributed by atoms with Crippen molar-refractivity contribution in [2.75, 3.05) is 6.54 Å². The molecule has 4 rings (SSSR count). The number of hydrogen-bond acceptors (Lipinski definition) is 3. The van der Waals surface area contributed by atoms with Gasteiger partial charge < -0.3 is 10.2 Å². The number of aromatic amines is 1. The number of carbonyl (C=O) groups excluding carboxylic acids is 2. The summed E-state index contributed by atoms with van der Waals surface area (Å²) in [4.78, 5) is 27.5. The molecule has 142 valence electrons. The van der Waals surface area contributed by atoms with Gasteiger partial charge in [0.1, 0.15) is 5.69 Å². The van der Waals surface area contributed by atoms with Gasteiger partial charge in [-0.25, -0.2) is 0 Å². The highest BCUT2D eigenvalue weighted by molar-refractivity contribution is 5.92. The third-order valence-electron chi connectivity index (χ3n) is 6.37. The van der Waals surface area contributed by atoms with E-state index in [0.717, 1.165) is 57.2 Å². The van der Waals surface area contributed by atoms with Crippen LogP contribution in [0.1, 0.15) is 92.9 Å². The lowest BCUT2D eigenvalue weighted by Crippen LogP contribution is -2.41. The fourth-order valence-electron chi connectivity index (χ4n) is 4.88. The highest BCUT2D eigenvalue weighted by Gasteiger charge is 2.34. The number of likely N-dealkylation sites (tertiary alicyclic amines) is 1. The molecule has 2 amide bonds. The van der Waals surface area contributed by atoms with Gasteiger partial charge in [-0.05, 0) is 51.0 Å². The monoisotopic (exact) mass is 358 g/mol. The molecule has 1 aliphatic heterocycles. The van der Waals surface area contributed by atoms with E-state index in [1.54, 1.807) is 0 Å². The molecule has 6 nitrogen and oxygen atoms in total. The summed E-state index contributed by atoms with van der Waals surface area (Å²) in [6.45, 7) is 0.822. The first-order valence-electron chi connectivity index (χ1n) is 10.4. The van der Waals surface area contributed by atoms with Crippen LogP contribution in [-0.2, 0) is 4.79 Å². The van der Waals surface area contributed by atoms with Crippen LogP contribution in [-0.4, -0.2) is 39.5 Å². The minimum absolute atomic E-state index is 0.0392. The van der Waals surface area contributed by atoms with Crippen molar-refractivity contribution in [3.05, 3.63) is 17.5 Å². The van der Waals surface area contributed by atoms with E-state index in [2.05, 4.69) is 15.5 Å². The first-order valence-corrected chi connectivity index (χ1v) is 10.4. The van der Waals surface area contributed by atoms with Crippen molar-refractivity contribution in [1.29, 1.82) is 0 Å². The van der Waals surface area contributed by atoms with E-state index in [4.69, 9.17) is 0 Å². The quantitative estimate of drug-likeness (QED) is 0.866. The Morgan fingerprint density at radius 1 is 1.00 bits per heavy atom. The van der Waals surface area contributed by atoms with Gasteiger partial charge in [0.15, 0.2) is 0 Å². The molecule has 3 fully saturated rings. The number of hydrogen-bond donors (Lipinski definition) is 2. The maximum absolute atomic E-state index is 13.0. The fraction of sp³-hybridized carbons (Fsp3) is 0.750. The third kappa shape index (κ3) is 3.64. The largest absolute Gasteiger partial charge is 0.348 e. The number of piperidine rings is 1. The second-order valence-electron chi connectivity index (χ2n) is 8.19. The normalized spacial score (nSPS) is 24.9. The zero-order valence-corrected chi connectivity index (χ0v) is 15.5. The zero-order valence-electron chi connectivity index (χ0n) is 15.5. The first-order chi connectivity index (χ1) is 12.7. The van der Waals surface area contributed by atoms with Gasteiger partial charge in [-0.15, -0.1) is 0 Å². The molecule has 1 aromatic rings. The molecular weight excluding hydrogens is 328 g/mol. The van der Waals surface area contributed by atoms with Gasteiger partial charge in [0.25, 0.3) is 5.91 Å². The van der Waals surface area contributed by atoms with E-state index >= 15 is 0 Å². The molecule has 0 radical (unpaired) electrons. The summed E-state index contributed by atoms with van der Waals surface area (Å²) in [6.07, 6.45) is 12.0. The number of amides is 2. The second kappa shape index (κ2) is 7.80. The molecule has 2 aliphatic carbocycles. The number of nitrogens with zero attached hydrogens (tertiary/aromatic N) is 2. The predicted molar refractivity (Wildman–Crippen MR) is 98.6 cm³/mol. The Hall–Kier alpha value is -1.85. The summed E-state index contributed by atoms with van der Waals surface area (Å²) >= 11 is 0. The van der Waals surface area contributed by atoms with Gasteiger partial charge in [0, 0.05) is 18.5 Å². The molecule has 2 saturated carbocycles. The highest BCUT2D eigenvalue weighted by Crippen LogP contribution is 2.35. The Balaban J connectivity index is 1.45. The van der Waals surface area contributed by atoms with Crippen LogP contribution in [0.3, 0.4) is 0 Å². The minimum Gasteiger partial charge on any atom is -0.348 e. The van der Waals surface area contributed by atoms with Crippen molar-refractivity contribution in [2.45, 2.75) is 82.7 Å². The summed E-state index contributed by atoms with van der Waals surface area (Å²) in [5, 5.41) is 10.4. The van der Waals surface area contributed by atoms with E-state index in [-0.39, 0.29) is 23.9 Å². The van der Waals surface area contributed by atoms with Gasteiger partial charge in [0.2, 0.25) is 5.91 Å². The van der Waals surface area contributed by atoms with Gasteiger partial charge >= 0.3 is 0 Å². The minimum atomic E-state index is -0.0936. The Morgan fingerprint density at radius 3 is 2.46 bits per heavy atom. The molecule has 1 aromatic heterocycles. The molecular formula is C20H30N4O2. The fourth-order valence-corrected chi connectivity index (χ4v) is 4.88. The van der Waals surface area contributed by atoms with E-state index < -0.39 is 0 Å². The van der Waals surface area contributed by atoms with Crippen molar-refractivity contribution in [3.8, 4) is 0 Å². The van der Waals surface area contributed by atoms with Crippen molar-refractivity contribution in [2.24, 2.45) is 5.92 Å². The van der Waals surface area contributed by atoms with Crippen molar-refractivity contribution in [1.82, 2.24) is 20.4 Å². The molecule has 6 heteroatoms. The molecule has 1 saturated heterocycles. The van der Waals surface area contributed by atoms with Crippen molar-refractivity contribution in [3.63, 3.8) is 0 Å². The summed E-state index contributed by atoms with van der Waals surface area (Å²) in [6, 6.07) is 2.19. The molecule has 26 heavy (non-hydrogen) atoms. The van der Waals surface area contributed by atoms with Crippen LogP contribution in [0.5, 0.6) is 0 Å². The molecule has 0 bridgehead atoms. The molecule has 1 atom stereocenters. The Labute approximate surface area is 155 Å². The summed E-state index contributed by atoms with van der Waals surface area (Å²) in [5.74, 6) is 0.409. The van der Waals surface area contributed by atoms with E-state index in [0.29, 0.717) is 11.6 Å². The smallest absolute Gasteiger partial charge is 0.271 e. The SMILES string of the molecule is O=C(NC1CCCC1)c1cc([C@H]2CCCCN2C(=O)C2CCCC2)[nH]n1. The molecule has 0 spiro atoms. The summed E-state index contributed by atoms with van der Waals surface area (Å²) in [5.41, 5.74) is 1.36. The number of rotatable bonds is 4. The molecule has 2 N–H and O–H groups in total. The lowest BCUT2D eigenvalue weighted by molar-refractivity contribution is -0.139. The molecule has 2 heterocycles. The second-order valence-corrected chi connectivity index (χ2v) is 8.19. The van der Waals surface area contributed by atoms with Crippen molar-refractivity contribution < 1.29 is 9.59 Å². The average molecular weight is 358 g/mol. The third-order valence-corrected chi connectivity index (χ3v) is 6.37. The van der Waals surface area contributed by atoms with Gasteiger partial charge in [0.05, 0.1) is 11.7 Å². The molecule has 3 aliphatic rings. The van der Waals surface area contributed by atoms with Crippen LogP contribution in [0.25, 0.3) is 0 Å². The van der Waals surface area contributed by atoms with E-state index in [9.17, 15) is 9.59 Å². The lowest BCUT2D eigenvalue weighted by atomic mass is 9.96. The Kier molecular flexibility index (Phi) is 5.27. The van der Waals surface area contributed by atoms with Crippen LogP contribution in [0, 0.1) is 5.92 Å². The van der Waals surface area contributed by atoms with Gasteiger partial charge in [-0.1, -0.05) is 25.7 Å². The topological polar surface area (TPSA) is 78.1 Å². The average Bonchev–Trinajstić information content (AvgIpc) is 3.42. The van der Waals surface area contributed by atoms with Gasteiger partial charge in [-0.2, -0.15) is 5.10 Å². The van der Waals surface area contributed by atoms with Crippen molar-refractivity contribution >= 4 is 11.8 Å². The van der Waals surface area contributed by atoms with Crippen LogP contribution in [0.4, 0.5) is 0 Å². The number of carbonyl (C=O) groups is 2. The number of nitrogens with one attached hydrogen (secondary N) is 2. The number of H-pyrrole nitrogens is 1. The van der Waals surface area contributed by atoms with Crippen LogP contribution in [0.15, 0.2) is 6.07 Å². The maximum atomic E-state index is 13.0.